The van der Waals surface area contributed by atoms with E-state index in [1.807, 2.05) is 19.1 Å². The molecule has 1 aliphatic heterocycles. The lowest BCUT2D eigenvalue weighted by Gasteiger charge is -2.22. The molecule has 7 atom stereocenters. The van der Waals surface area contributed by atoms with Crippen LogP contribution < -0.4 is 0 Å². The number of methoxy groups -OCH3 is 1. The fraction of sp³-hybridized carbons (Fsp3) is 0.750. The van der Waals surface area contributed by atoms with Crippen molar-refractivity contribution in [3.05, 3.63) is 12.2 Å². The van der Waals surface area contributed by atoms with Crippen molar-refractivity contribution in [3.8, 4) is 11.8 Å². The fourth-order valence-corrected chi connectivity index (χ4v) is 4.51. The highest BCUT2D eigenvalue weighted by Crippen LogP contribution is 2.46. The van der Waals surface area contributed by atoms with Crippen molar-refractivity contribution in [1.82, 2.24) is 0 Å². The van der Waals surface area contributed by atoms with Crippen molar-refractivity contribution in [2.75, 3.05) is 7.11 Å². The molecular formula is C24H36O6. The number of aliphatic hydroxyl groups is 1. The normalized spacial score (nSPS) is 29.7. The van der Waals surface area contributed by atoms with Crippen molar-refractivity contribution < 1.29 is 28.9 Å². The smallest absolute Gasteiger partial charge is 0.305 e. The third-order valence-corrected chi connectivity index (χ3v) is 6.18. The minimum absolute atomic E-state index is 0.0399. The van der Waals surface area contributed by atoms with E-state index >= 15 is 0 Å². The van der Waals surface area contributed by atoms with Gasteiger partial charge in [-0.25, -0.2) is 0 Å². The van der Waals surface area contributed by atoms with Gasteiger partial charge in [-0.1, -0.05) is 25.5 Å². The van der Waals surface area contributed by atoms with Gasteiger partial charge in [0.05, 0.1) is 25.4 Å². The summed E-state index contributed by atoms with van der Waals surface area (Å²) in [7, 11) is 1.41. The molecule has 30 heavy (non-hydrogen) atoms. The predicted octanol–water partition coefficient (Wildman–Crippen LogP) is 3.41. The average Bonchev–Trinajstić information content (AvgIpc) is 3.23. The van der Waals surface area contributed by atoms with Gasteiger partial charge in [-0.3, -0.25) is 9.59 Å². The molecule has 0 aromatic carbocycles. The van der Waals surface area contributed by atoms with E-state index in [1.165, 1.54) is 14.0 Å². The summed E-state index contributed by atoms with van der Waals surface area (Å²) in [5.74, 6) is 5.76. The van der Waals surface area contributed by atoms with Gasteiger partial charge in [-0.2, -0.15) is 0 Å². The van der Waals surface area contributed by atoms with E-state index in [0.717, 1.165) is 25.7 Å². The molecule has 168 valence electrons. The summed E-state index contributed by atoms with van der Waals surface area (Å²) < 4.78 is 16.5. The van der Waals surface area contributed by atoms with Gasteiger partial charge in [0, 0.05) is 32.1 Å². The molecule has 0 aromatic heterocycles. The lowest BCUT2D eigenvalue weighted by molar-refractivity contribution is -0.148. The summed E-state index contributed by atoms with van der Waals surface area (Å²) in [6, 6.07) is 0. The van der Waals surface area contributed by atoms with E-state index in [1.54, 1.807) is 6.92 Å². The van der Waals surface area contributed by atoms with Crippen molar-refractivity contribution >= 4 is 11.9 Å². The first-order chi connectivity index (χ1) is 14.3. The number of carbonyl (C=O) groups excluding carboxylic acids is 2. The SMILES string of the molecule is CC#CCC(C)[C@H](O)/C=C/[C@H]1C(OC(C)=O)C[C@@H]2O[C@@H](CCCCC(=O)OC)C[C@@H]21. The van der Waals surface area contributed by atoms with Gasteiger partial charge < -0.3 is 19.3 Å². The highest BCUT2D eigenvalue weighted by atomic mass is 16.6. The van der Waals surface area contributed by atoms with Crippen LogP contribution in [0.15, 0.2) is 12.2 Å². The third kappa shape index (κ3) is 7.14. The summed E-state index contributed by atoms with van der Waals surface area (Å²) in [5.41, 5.74) is 0. The summed E-state index contributed by atoms with van der Waals surface area (Å²) >= 11 is 0. The van der Waals surface area contributed by atoms with Crippen LogP contribution in [-0.2, 0) is 23.8 Å². The molecule has 0 bridgehead atoms. The van der Waals surface area contributed by atoms with Crippen LogP contribution in [0.5, 0.6) is 0 Å². The summed E-state index contributed by atoms with van der Waals surface area (Å²) in [6.07, 6.45) is 8.57. The van der Waals surface area contributed by atoms with Crippen LogP contribution in [0.4, 0.5) is 0 Å². The predicted molar refractivity (Wildman–Crippen MR) is 113 cm³/mol. The first-order valence-electron chi connectivity index (χ1n) is 11.0. The van der Waals surface area contributed by atoms with Gasteiger partial charge >= 0.3 is 11.9 Å². The highest BCUT2D eigenvalue weighted by molar-refractivity contribution is 5.69. The molecule has 2 unspecified atom stereocenters. The minimum Gasteiger partial charge on any atom is -0.469 e. The van der Waals surface area contributed by atoms with E-state index < -0.39 is 6.10 Å². The molecule has 1 heterocycles. The molecule has 6 nitrogen and oxygen atoms in total. The number of ether oxygens (including phenoxy) is 3. The highest BCUT2D eigenvalue weighted by Gasteiger charge is 2.49. The maximum atomic E-state index is 11.6. The summed E-state index contributed by atoms with van der Waals surface area (Å²) in [4.78, 5) is 22.8. The second kappa shape index (κ2) is 12.1. The molecule has 1 N–H and O–H groups in total. The molecule has 6 heteroatoms. The molecule has 1 saturated heterocycles. The van der Waals surface area contributed by atoms with Gasteiger partial charge in [0.15, 0.2) is 0 Å². The zero-order valence-corrected chi connectivity index (χ0v) is 18.6. The Morgan fingerprint density at radius 3 is 2.73 bits per heavy atom. The Balaban J connectivity index is 1.94. The summed E-state index contributed by atoms with van der Waals surface area (Å²) in [6.45, 7) is 5.20. The topological polar surface area (TPSA) is 82.1 Å². The molecule has 0 aromatic rings. The molecular weight excluding hydrogens is 384 g/mol. The second-order valence-corrected chi connectivity index (χ2v) is 8.46. The quantitative estimate of drug-likeness (QED) is 0.252. The van der Waals surface area contributed by atoms with E-state index in [2.05, 4.69) is 16.6 Å². The zero-order valence-electron chi connectivity index (χ0n) is 18.6. The fourth-order valence-electron chi connectivity index (χ4n) is 4.51. The van der Waals surface area contributed by atoms with Crippen LogP contribution in [0, 0.1) is 29.6 Å². The number of hydrogen-bond donors (Lipinski definition) is 1. The van der Waals surface area contributed by atoms with Crippen LogP contribution in [0.25, 0.3) is 0 Å². The van der Waals surface area contributed by atoms with Crippen LogP contribution >= 0.6 is 0 Å². The Hall–Kier alpha value is -1.84. The van der Waals surface area contributed by atoms with Crippen molar-refractivity contribution in [2.45, 2.75) is 90.1 Å². The first kappa shape index (κ1) is 24.4. The zero-order chi connectivity index (χ0) is 22.1. The van der Waals surface area contributed by atoms with Crippen molar-refractivity contribution in [3.63, 3.8) is 0 Å². The standard InChI is InChI=1S/C24H36O6/c1-5-6-9-16(2)21(26)13-12-19-20-14-18(10-7-8-11-24(27)28-4)30-23(20)15-22(19)29-17(3)25/h12-13,16,18-23,26H,7-11,14-15H2,1-4H3/b13-12+/t16?,18-,19+,20+,21+,22?,23-/m0/s1. The number of fused-ring (bicyclic) bond motifs is 1. The number of hydrogen-bond acceptors (Lipinski definition) is 6. The largest absolute Gasteiger partial charge is 0.469 e. The number of carbonyl (C=O) groups is 2. The van der Waals surface area contributed by atoms with E-state index in [9.17, 15) is 14.7 Å². The molecule has 0 amide bonds. The lowest BCUT2D eigenvalue weighted by Crippen LogP contribution is -2.25. The Morgan fingerprint density at radius 1 is 1.30 bits per heavy atom. The molecule has 2 aliphatic rings. The monoisotopic (exact) mass is 420 g/mol. The molecule has 0 spiro atoms. The number of unbranched alkanes of at least 4 members (excludes halogenated alkanes) is 1. The third-order valence-electron chi connectivity index (χ3n) is 6.18. The number of esters is 2. The number of rotatable bonds is 10. The maximum Gasteiger partial charge on any atom is 0.305 e. The van der Waals surface area contributed by atoms with Crippen molar-refractivity contribution in [2.24, 2.45) is 17.8 Å². The Bertz CT molecular complexity index is 660. The second-order valence-electron chi connectivity index (χ2n) is 8.46. The maximum absolute atomic E-state index is 11.6. The van der Waals surface area contributed by atoms with Gasteiger partial charge in [0.1, 0.15) is 6.10 Å². The number of aliphatic hydroxyl groups excluding tert-OH is 1. The molecule has 2 rings (SSSR count). The van der Waals surface area contributed by atoms with E-state index in [4.69, 9.17) is 9.47 Å². The van der Waals surface area contributed by atoms with Crippen molar-refractivity contribution in [1.29, 1.82) is 0 Å². The van der Waals surface area contributed by atoms with Crippen LogP contribution in [0.1, 0.15) is 65.7 Å². The van der Waals surface area contributed by atoms with Gasteiger partial charge in [0.2, 0.25) is 0 Å². The lowest BCUT2D eigenvalue weighted by atomic mass is 9.88. The molecule has 2 fully saturated rings. The van der Waals surface area contributed by atoms with Gasteiger partial charge in [0.25, 0.3) is 0 Å². The van der Waals surface area contributed by atoms with E-state index in [-0.39, 0.29) is 48.0 Å². The van der Waals surface area contributed by atoms with Crippen LogP contribution in [-0.4, -0.2) is 48.6 Å². The molecule has 1 saturated carbocycles. The Kier molecular flexibility index (Phi) is 9.87. The Labute approximate surface area is 180 Å². The van der Waals surface area contributed by atoms with E-state index in [0.29, 0.717) is 19.3 Å². The van der Waals surface area contributed by atoms with Crippen LogP contribution in [0.3, 0.4) is 0 Å². The molecule has 0 radical (unpaired) electrons. The molecule has 1 aliphatic carbocycles. The van der Waals surface area contributed by atoms with Crippen LogP contribution in [0.2, 0.25) is 0 Å². The van der Waals surface area contributed by atoms with Gasteiger partial charge in [-0.05, 0) is 38.0 Å². The minimum atomic E-state index is -0.584. The summed E-state index contributed by atoms with van der Waals surface area (Å²) in [5, 5.41) is 10.4. The average molecular weight is 421 g/mol. The first-order valence-corrected chi connectivity index (χ1v) is 11.0. The van der Waals surface area contributed by atoms with Gasteiger partial charge in [-0.15, -0.1) is 11.8 Å². The Morgan fingerprint density at radius 2 is 2.07 bits per heavy atom.